The van der Waals surface area contributed by atoms with Gasteiger partial charge in [-0.15, -0.1) is 11.8 Å². The number of benzene rings is 1. The van der Waals surface area contributed by atoms with E-state index in [-0.39, 0.29) is 5.82 Å². The van der Waals surface area contributed by atoms with Gasteiger partial charge in [-0.2, -0.15) is 0 Å². The number of aromatic nitrogens is 1. The third-order valence-corrected chi connectivity index (χ3v) is 5.56. The molecule has 1 aromatic heterocycles. The maximum atomic E-state index is 13.3. The number of H-pyrrole nitrogens is 1. The summed E-state index contributed by atoms with van der Waals surface area (Å²) in [5.41, 5.74) is 1.96. The van der Waals surface area contributed by atoms with E-state index in [1.165, 1.54) is 6.07 Å². The molecule has 4 nitrogen and oxygen atoms in total. The van der Waals surface area contributed by atoms with Crippen LogP contribution in [0.1, 0.15) is 12.1 Å². The Labute approximate surface area is 139 Å². The highest BCUT2D eigenvalue weighted by Crippen LogP contribution is 2.27. The Balaban J connectivity index is 1.42. The molecule has 2 aliphatic heterocycles. The van der Waals surface area contributed by atoms with Crippen molar-refractivity contribution in [2.24, 2.45) is 4.99 Å². The Hall–Kier alpha value is -1.37. The van der Waals surface area contributed by atoms with Crippen molar-refractivity contribution in [2.45, 2.75) is 12.5 Å². The number of hydrogen-bond donors (Lipinski definition) is 1. The molecule has 0 bridgehead atoms. The van der Waals surface area contributed by atoms with Gasteiger partial charge in [0.15, 0.2) is 0 Å². The van der Waals surface area contributed by atoms with Crippen LogP contribution in [0.2, 0.25) is 0 Å². The normalized spacial score (nSPS) is 22.7. The van der Waals surface area contributed by atoms with Gasteiger partial charge in [-0.3, -0.25) is 9.89 Å². The maximum Gasteiger partial charge on any atom is 0.123 e. The Kier molecular flexibility index (Phi) is 4.37. The van der Waals surface area contributed by atoms with Gasteiger partial charge in [0.2, 0.25) is 0 Å². The van der Waals surface area contributed by atoms with Gasteiger partial charge < -0.3 is 9.72 Å². The van der Waals surface area contributed by atoms with Crippen LogP contribution in [-0.4, -0.2) is 59.6 Å². The second-order valence-corrected chi connectivity index (χ2v) is 7.07. The van der Waals surface area contributed by atoms with Gasteiger partial charge >= 0.3 is 0 Å². The average Bonchev–Trinajstić information content (AvgIpc) is 3.20. The SMILES string of the molecule is Fc1ccc2[nH]c(C3=N[C@H](CCN4CCOCC4)CS3)cc2c1. The Morgan fingerprint density at radius 3 is 3.04 bits per heavy atom. The van der Waals surface area contributed by atoms with E-state index in [0.717, 1.165) is 66.7 Å². The fourth-order valence-electron chi connectivity index (χ4n) is 3.09. The zero-order valence-corrected chi connectivity index (χ0v) is 13.7. The van der Waals surface area contributed by atoms with Crippen molar-refractivity contribution < 1.29 is 9.13 Å². The van der Waals surface area contributed by atoms with Crippen LogP contribution in [0.25, 0.3) is 10.9 Å². The molecule has 3 heterocycles. The van der Waals surface area contributed by atoms with E-state index in [9.17, 15) is 4.39 Å². The first-order valence-corrected chi connectivity index (χ1v) is 9.06. The van der Waals surface area contributed by atoms with Gasteiger partial charge in [0, 0.05) is 36.3 Å². The molecule has 122 valence electrons. The van der Waals surface area contributed by atoms with Crippen LogP contribution in [0.15, 0.2) is 29.3 Å². The molecule has 0 saturated carbocycles. The van der Waals surface area contributed by atoms with Gasteiger partial charge in [-0.1, -0.05) is 0 Å². The van der Waals surface area contributed by atoms with E-state index >= 15 is 0 Å². The number of aliphatic imine (C=N–C) groups is 1. The van der Waals surface area contributed by atoms with Crippen molar-refractivity contribution in [3.05, 3.63) is 35.8 Å². The second kappa shape index (κ2) is 6.63. The number of rotatable bonds is 4. The molecule has 1 atom stereocenters. The molecule has 1 aromatic carbocycles. The number of morpholine rings is 1. The lowest BCUT2D eigenvalue weighted by molar-refractivity contribution is 0.0369. The molecule has 6 heteroatoms. The smallest absolute Gasteiger partial charge is 0.123 e. The summed E-state index contributed by atoms with van der Waals surface area (Å²) in [4.78, 5) is 10.7. The van der Waals surface area contributed by atoms with Gasteiger partial charge in [0.25, 0.3) is 0 Å². The Morgan fingerprint density at radius 1 is 1.30 bits per heavy atom. The van der Waals surface area contributed by atoms with E-state index in [4.69, 9.17) is 9.73 Å². The molecule has 0 amide bonds. The zero-order valence-electron chi connectivity index (χ0n) is 12.9. The minimum atomic E-state index is -0.201. The summed E-state index contributed by atoms with van der Waals surface area (Å²) in [6.45, 7) is 4.84. The third-order valence-electron chi connectivity index (χ3n) is 4.41. The monoisotopic (exact) mass is 333 g/mol. The van der Waals surface area contributed by atoms with Crippen molar-refractivity contribution >= 4 is 27.7 Å². The first kappa shape index (κ1) is 15.2. The molecule has 2 aliphatic rings. The number of fused-ring (bicyclic) bond motifs is 1. The summed E-state index contributed by atoms with van der Waals surface area (Å²) in [5, 5.41) is 1.95. The summed E-state index contributed by atoms with van der Waals surface area (Å²) in [5.74, 6) is 0.830. The quantitative estimate of drug-likeness (QED) is 0.935. The molecule has 2 aromatic rings. The molecule has 0 radical (unpaired) electrons. The molecule has 23 heavy (non-hydrogen) atoms. The number of aromatic amines is 1. The third kappa shape index (κ3) is 3.44. The number of thioether (sulfide) groups is 1. The predicted octanol–water partition coefficient (Wildman–Crippen LogP) is 2.89. The largest absolute Gasteiger partial charge is 0.379 e. The number of ether oxygens (including phenoxy) is 1. The second-order valence-electron chi connectivity index (χ2n) is 6.06. The minimum absolute atomic E-state index is 0.201. The fraction of sp³-hybridized carbons (Fsp3) is 0.471. The standard InChI is InChI=1S/C17H20FN3OS/c18-13-1-2-15-12(9-13)10-16(20-15)17-19-14(11-23-17)3-4-21-5-7-22-8-6-21/h1-2,9-10,14,20H,3-8,11H2/t14-/m1/s1. The van der Waals surface area contributed by atoms with Gasteiger partial charge in [0.1, 0.15) is 10.9 Å². The summed E-state index contributed by atoms with van der Waals surface area (Å²) in [6.07, 6.45) is 1.09. The summed E-state index contributed by atoms with van der Waals surface area (Å²) in [6, 6.07) is 7.20. The zero-order chi connectivity index (χ0) is 15.6. The highest BCUT2D eigenvalue weighted by Gasteiger charge is 2.22. The molecular formula is C17H20FN3OS. The lowest BCUT2D eigenvalue weighted by Crippen LogP contribution is -2.37. The highest BCUT2D eigenvalue weighted by molar-refractivity contribution is 8.14. The summed E-state index contributed by atoms with van der Waals surface area (Å²) >= 11 is 1.79. The van der Waals surface area contributed by atoms with Crippen molar-refractivity contribution in [3.8, 4) is 0 Å². The van der Waals surface area contributed by atoms with Gasteiger partial charge in [-0.25, -0.2) is 4.39 Å². The summed E-state index contributed by atoms with van der Waals surface area (Å²) < 4.78 is 18.7. The number of halogens is 1. The number of nitrogens with one attached hydrogen (secondary N) is 1. The van der Waals surface area contributed by atoms with Crippen molar-refractivity contribution in [1.29, 1.82) is 0 Å². The van der Waals surface area contributed by atoms with Crippen LogP contribution in [0, 0.1) is 5.82 Å². The van der Waals surface area contributed by atoms with Crippen LogP contribution in [0.3, 0.4) is 0 Å². The maximum absolute atomic E-state index is 13.3. The van der Waals surface area contributed by atoms with Crippen molar-refractivity contribution in [3.63, 3.8) is 0 Å². The fourth-order valence-corrected chi connectivity index (χ4v) is 4.17. The Bertz CT molecular complexity index is 724. The van der Waals surface area contributed by atoms with E-state index in [2.05, 4.69) is 9.88 Å². The molecule has 0 spiro atoms. The van der Waals surface area contributed by atoms with E-state index < -0.39 is 0 Å². The average molecular weight is 333 g/mol. The van der Waals surface area contributed by atoms with Crippen LogP contribution in [0.5, 0.6) is 0 Å². The molecular weight excluding hydrogens is 313 g/mol. The van der Waals surface area contributed by atoms with Gasteiger partial charge in [-0.05, 0) is 30.7 Å². The predicted molar refractivity (Wildman–Crippen MR) is 92.9 cm³/mol. The first-order chi connectivity index (χ1) is 11.3. The number of nitrogens with zero attached hydrogens (tertiary/aromatic N) is 2. The van der Waals surface area contributed by atoms with Gasteiger partial charge in [0.05, 0.1) is 24.9 Å². The van der Waals surface area contributed by atoms with Crippen LogP contribution < -0.4 is 0 Å². The lowest BCUT2D eigenvalue weighted by Gasteiger charge is -2.26. The molecule has 1 saturated heterocycles. The molecule has 0 unspecified atom stereocenters. The molecule has 4 rings (SSSR count). The number of hydrogen-bond acceptors (Lipinski definition) is 4. The van der Waals surface area contributed by atoms with Crippen LogP contribution >= 0.6 is 11.8 Å². The molecule has 1 N–H and O–H groups in total. The molecule has 1 fully saturated rings. The topological polar surface area (TPSA) is 40.6 Å². The van der Waals surface area contributed by atoms with Crippen molar-refractivity contribution in [1.82, 2.24) is 9.88 Å². The Morgan fingerprint density at radius 2 is 2.17 bits per heavy atom. The van der Waals surface area contributed by atoms with Crippen LogP contribution in [0.4, 0.5) is 4.39 Å². The highest BCUT2D eigenvalue weighted by atomic mass is 32.2. The first-order valence-electron chi connectivity index (χ1n) is 8.07. The van der Waals surface area contributed by atoms with E-state index in [0.29, 0.717) is 6.04 Å². The van der Waals surface area contributed by atoms with E-state index in [1.54, 1.807) is 23.9 Å². The van der Waals surface area contributed by atoms with Crippen molar-refractivity contribution in [2.75, 3.05) is 38.6 Å². The van der Waals surface area contributed by atoms with E-state index in [1.807, 2.05) is 6.07 Å². The van der Waals surface area contributed by atoms with Crippen LogP contribution in [-0.2, 0) is 4.74 Å². The summed E-state index contributed by atoms with van der Waals surface area (Å²) in [7, 11) is 0. The molecule has 0 aliphatic carbocycles. The lowest BCUT2D eigenvalue weighted by atomic mass is 10.2. The minimum Gasteiger partial charge on any atom is -0.379 e.